The van der Waals surface area contributed by atoms with Gasteiger partial charge in [-0.2, -0.15) is 0 Å². The molecule has 0 amide bonds. The van der Waals surface area contributed by atoms with E-state index in [-0.39, 0.29) is 10.9 Å². The highest BCUT2D eigenvalue weighted by Crippen LogP contribution is 2.22. The Labute approximate surface area is 174 Å². The predicted molar refractivity (Wildman–Crippen MR) is 111 cm³/mol. The molecule has 0 unspecified atom stereocenters. The van der Waals surface area contributed by atoms with Crippen LogP contribution in [0.1, 0.15) is 18.7 Å². The van der Waals surface area contributed by atoms with Gasteiger partial charge in [0.1, 0.15) is 11.6 Å². The van der Waals surface area contributed by atoms with Crippen LogP contribution in [0.3, 0.4) is 0 Å². The number of hydrogen-bond acceptors (Lipinski definition) is 4. The number of hydrogen-bond donors (Lipinski definition) is 1. The first-order valence-corrected chi connectivity index (χ1v) is 11.3. The molecule has 2 heterocycles. The third-order valence-electron chi connectivity index (χ3n) is 5.33. The average Bonchev–Trinajstić information content (AvgIpc) is 2.98. The summed E-state index contributed by atoms with van der Waals surface area (Å²) in [5.41, 5.74) is 1.91. The van der Waals surface area contributed by atoms with Crippen molar-refractivity contribution in [2.24, 2.45) is 7.05 Å². The summed E-state index contributed by atoms with van der Waals surface area (Å²) in [5, 5.41) is 0.663. The van der Waals surface area contributed by atoms with E-state index in [2.05, 4.69) is 19.2 Å². The molecule has 1 saturated heterocycles. The van der Waals surface area contributed by atoms with Crippen molar-refractivity contribution in [2.75, 3.05) is 13.1 Å². The van der Waals surface area contributed by atoms with Gasteiger partial charge in [-0.15, -0.1) is 0 Å². The number of aryl methyl sites for hydroxylation is 1. The van der Waals surface area contributed by atoms with E-state index in [1.165, 1.54) is 12.1 Å². The third kappa shape index (κ3) is 4.45. The van der Waals surface area contributed by atoms with Crippen molar-refractivity contribution >= 4 is 32.7 Å². The summed E-state index contributed by atoms with van der Waals surface area (Å²) < 4.78 is 42.8. The number of sulfonamides is 1. The topological polar surface area (TPSA) is 67.2 Å². The van der Waals surface area contributed by atoms with Gasteiger partial charge in [0, 0.05) is 31.2 Å². The normalized spacial score (nSPS) is 16.5. The van der Waals surface area contributed by atoms with Crippen LogP contribution in [-0.2, 0) is 23.6 Å². The van der Waals surface area contributed by atoms with E-state index in [9.17, 15) is 12.8 Å². The zero-order valence-corrected chi connectivity index (χ0v) is 17.5. The maximum atomic E-state index is 13.0. The van der Waals surface area contributed by atoms with Crippen molar-refractivity contribution in [1.82, 2.24) is 19.2 Å². The minimum atomic E-state index is -3.65. The molecule has 1 aromatic heterocycles. The van der Waals surface area contributed by atoms with Gasteiger partial charge in [-0.3, -0.25) is 4.90 Å². The van der Waals surface area contributed by atoms with Crippen molar-refractivity contribution < 1.29 is 12.8 Å². The van der Waals surface area contributed by atoms with Crippen molar-refractivity contribution in [3.05, 3.63) is 59.1 Å². The summed E-state index contributed by atoms with van der Waals surface area (Å²) in [6, 6.07) is 10.4. The van der Waals surface area contributed by atoms with Gasteiger partial charge in [-0.25, -0.2) is 22.5 Å². The molecule has 1 fully saturated rings. The van der Waals surface area contributed by atoms with Crippen molar-refractivity contribution in [3.8, 4) is 0 Å². The first-order valence-electron chi connectivity index (χ1n) is 9.43. The fraction of sp³-hybridized carbons (Fsp3) is 0.350. The molecule has 3 aromatic rings. The van der Waals surface area contributed by atoms with Crippen LogP contribution in [0.2, 0.25) is 5.02 Å². The zero-order valence-electron chi connectivity index (χ0n) is 16.0. The first-order chi connectivity index (χ1) is 13.8. The van der Waals surface area contributed by atoms with Crippen LogP contribution in [-0.4, -0.2) is 42.0 Å². The lowest BCUT2D eigenvalue weighted by Crippen LogP contribution is -2.44. The summed E-state index contributed by atoms with van der Waals surface area (Å²) >= 11 is 6.06. The van der Waals surface area contributed by atoms with Gasteiger partial charge in [0.05, 0.1) is 22.5 Å². The number of piperidine rings is 1. The summed E-state index contributed by atoms with van der Waals surface area (Å²) in [6.45, 7) is 2.22. The molecule has 0 bridgehead atoms. The van der Waals surface area contributed by atoms with Crippen LogP contribution in [0, 0.1) is 5.82 Å². The van der Waals surface area contributed by atoms with Gasteiger partial charge in [0.2, 0.25) is 10.0 Å². The molecule has 29 heavy (non-hydrogen) atoms. The molecule has 154 valence electrons. The highest BCUT2D eigenvalue weighted by Gasteiger charge is 2.25. The molecule has 6 nitrogen and oxygen atoms in total. The van der Waals surface area contributed by atoms with Crippen LogP contribution in [0.15, 0.2) is 47.4 Å². The number of imidazole rings is 1. The second kappa shape index (κ2) is 8.02. The lowest BCUT2D eigenvalue weighted by atomic mass is 10.1. The molecular formula is C20H22ClFN4O2S. The SMILES string of the molecule is Cn1c(CN2CCC(NS(=O)(=O)c3ccc(F)cc3)CC2)nc2cc(Cl)ccc21. The van der Waals surface area contributed by atoms with Crippen molar-refractivity contribution in [1.29, 1.82) is 0 Å². The largest absolute Gasteiger partial charge is 0.330 e. The van der Waals surface area contributed by atoms with E-state index in [4.69, 9.17) is 11.6 Å². The number of rotatable bonds is 5. The smallest absolute Gasteiger partial charge is 0.240 e. The van der Waals surface area contributed by atoms with Gasteiger partial charge < -0.3 is 4.57 Å². The van der Waals surface area contributed by atoms with Gasteiger partial charge in [-0.05, 0) is 55.3 Å². The Kier molecular flexibility index (Phi) is 5.61. The number of nitrogens with zero attached hydrogens (tertiary/aromatic N) is 3. The van der Waals surface area contributed by atoms with E-state index in [1.54, 1.807) is 0 Å². The van der Waals surface area contributed by atoms with E-state index in [1.807, 2.05) is 25.2 Å². The Balaban J connectivity index is 1.37. The quantitative estimate of drug-likeness (QED) is 0.666. The summed E-state index contributed by atoms with van der Waals surface area (Å²) in [4.78, 5) is 7.04. The Morgan fingerprint density at radius 3 is 2.55 bits per heavy atom. The highest BCUT2D eigenvalue weighted by atomic mass is 35.5. The molecule has 0 radical (unpaired) electrons. The predicted octanol–water partition coefficient (Wildman–Crippen LogP) is 3.31. The second-order valence-electron chi connectivity index (χ2n) is 7.35. The maximum absolute atomic E-state index is 13.0. The molecular weight excluding hydrogens is 415 g/mol. The molecule has 0 aliphatic carbocycles. The second-order valence-corrected chi connectivity index (χ2v) is 9.50. The Bertz CT molecular complexity index is 1120. The molecule has 0 spiro atoms. The molecule has 1 aliphatic heterocycles. The monoisotopic (exact) mass is 436 g/mol. The van der Waals surface area contributed by atoms with Crippen LogP contribution >= 0.6 is 11.6 Å². The van der Waals surface area contributed by atoms with E-state index in [0.29, 0.717) is 24.4 Å². The molecule has 1 aliphatic rings. The molecule has 2 aromatic carbocycles. The lowest BCUT2D eigenvalue weighted by Gasteiger charge is -2.31. The van der Waals surface area contributed by atoms with Gasteiger partial charge >= 0.3 is 0 Å². The first kappa shape index (κ1) is 20.3. The fourth-order valence-electron chi connectivity index (χ4n) is 3.67. The van der Waals surface area contributed by atoms with Gasteiger partial charge in [0.15, 0.2) is 0 Å². The minimum absolute atomic E-state index is 0.0830. The average molecular weight is 437 g/mol. The number of likely N-dealkylation sites (tertiary alicyclic amines) is 1. The van der Waals surface area contributed by atoms with Crippen molar-refractivity contribution in [3.63, 3.8) is 0 Å². The number of aromatic nitrogens is 2. The van der Waals surface area contributed by atoms with E-state index < -0.39 is 15.8 Å². The van der Waals surface area contributed by atoms with Gasteiger partial charge in [-0.1, -0.05) is 11.6 Å². The molecule has 1 N–H and O–H groups in total. The Morgan fingerprint density at radius 1 is 1.17 bits per heavy atom. The number of fused-ring (bicyclic) bond motifs is 1. The van der Waals surface area contributed by atoms with E-state index in [0.717, 1.165) is 42.1 Å². The third-order valence-corrected chi connectivity index (χ3v) is 7.11. The van der Waals surface area contributed by atoms with Crippen LogP contribution in [0.5, 0.6) is 0 Å². The summed E-state index contributed by atoms with van der Waals surface area (Å²) in [7, 11) is -1.66. The molecule has 9 heteroatoms. The summed E-state index contributed by atoms with van der Waals surface area (Å²) in [5.74, 6) is 0.495. The van der Waals surface area contributed by atoms with Crippen molar-refractivity contribution in [2.45, 2.75) is 30.3 Å². The number of benzene rings is 2. The minimum Gasteiger partial charge on any atom is -0.330 e. The van der Waals surface area contributed by atoms with Gasteiger partial charge in [0.25, 0.3) is 0 Å². The molecule has 0 atom stereocenters. The highest BCUT2D eigenvalue weighted by molar-refractivity contribution is 7.89. The lowest BCUT2D eigenvalue weighted by molar-refractivity contribution is 0.194. The number of halogens is 2. The summed E-state index contributed by atoms with van der Waals surface area (Å²) in [6.07, 6.45) is 1.41. The number of nitrogens with one attached hydrogen (secondary N) is 1. The zero-order chi connectivity index (χ0) is 20.6. The maximum Gasteiger partial charge on any atom is 0.240 e. The van der Waals surface area contributed by atoms with E-state index >= 15 is 0 Å². The van der Waals surface area contributed by atoms with Crippen LogP contribution < -0.4 is 4.72 Å². The standard InChI is InChI=1S/C20H22ClFN4O2S/c1-25-19-7-2-14(21)12-18(19)23-20(25)13-26-10-8-16(9-11-26)24-29(27,28)17-5-3-15(22)4-6-17/h2-7,12,16,24H,8-11,13H2,1H3. The molecule has 4 rings (SSSR count). The Morgan fingerprint density at radius 2 is 1.86 bits per heavy atom. The fourth-order valence-corrected chi connectivity index (χ4v) is 5.15. The van der Waals surface area contributed by atoms with Crippen LogP contribution in [0.4, 0.5) is 4.39 Å². The van der Waals surface area contributed by atoms with Crippen LogP contribution in [0.25, 0.3) is 11.0 Å². The Hall–Kier alpha value is -2.00. The molecule has 0 saturated carbocycles.